The molecule has 0 aliphatic heterocycles. The number of methoxy groups -OCH3 is 1. The first-order chi connectivity index (χ1) is 8.85. The van der Waals surface area contributed by atoms with Crippen LogP contribution in [0.2, 0.25) is 0 Å². The Kier molecular flexibility index (Phi) is 5.02. The highest BCUT2D eigenvalue weighted by Crippen LogP contribution is 2.31. The Morgan fingerprint density at radius 1 is 1.39 bits per heavy atom. The standard InChI is InChI=1S/C15H23NO2/c1-3-18-10-9-16-15-6-4-5-12-11-13(17-2)7-8-14(12)15/h7-8,11,15-16H,3-6,9-10H2,1-2H3. The molecule has 18 heavy (non-hydrogen) atoms. The number of ether oxygens (including phenoxy) is 2. The fraction of sp³-hybridized carbons (Fsp3) is 0.600. The first kappa shape index (κ1) is 13.4. The van der Waals surface area contributed by atoms with E-state index in [1.807, 2.05) is 6.92 Å². The fourth-order valence-corrected chi connectivity index (χ4v) is 2.58. The molecule has 3 nitrogen and oxygen atoms in total. The van der Waals surface area contributed by atoms with Crippen molar-refractivity contribution >= 4 is 0 Å². The van der Waals surface area contributed by atoms with Gasteiger partial charge >= 0.3 is 0 Å². The van der Waals surface area contributed by atoms with Crippen LogP contribution in [0.5, 0.6) is 5.75 Å². The maximum atomic E-state index is 5.37. The first-order valence-electron chi connectivity index (χ1n) is 6.83. The highest BCUT2D eigenvalue weighted by Gasteiger charge is 2.19. The van der Waals surface area contributed by atoms with Gasteiger partial charge in [0.1, 0.15) is 5.75 Å². The fourth-order valence-electron chi connectivity index (χ4n) is 2.58. The lowest BCUT2D eigenvalue weighted by molar-refractivity contribution is 0.146. The third-order valence-electron chi connectivity index (χ3n) is 3.51. The van der Waals surface area contributed by atoms with E-state index in [0.29, 0.717) is 6.04 Å². The molecule has 0 radical (unpaired) electrons. The summed E-state index contributed by atoms with van der Waals surface area (Å²) in [6.45, 7) is 4.53. The molecular weight excluding hydrogens is 226 g/mol. The summed E-state index contributed by atoms with van der Waals surface area (Å²) in [7, 11) is 1.72. The van der Waals surface area contributed by atoms with E-state index in [4.69, 9.17) is 9.47 Å². The number of benzene rings is 1. The molecule has 0 aromatic heterocycles. The lowest BCUT2D eigenvalue weighted by Crippen LogP contribution is -2.28. The molecule has 2 rings (SSSR count). The number of hydrogen-bond donors (Lipinski definition) is 1. The van der Waals surface area contributed by atoms with Gasteiger partial charge in [-0.2, -0.15) is 0 Å². The summed E-state index contributed by atoms with van der Waals surface area (Å²) in [5.41, 5.74) is 2.85. The van der Waals surface area contributed by atoms with E-state index in [9.17, 15) is 0 Å². The second kappa shape index (κ2) is 6.76. The second-order valence-electron chi connectivity index (χ2n) is 4.66. The van der Waals surface area contributed by atoms with Gasteiger partial charge in [0.2, 0.25) is 0 Å². The zero-order valence-electron chi connectivity index (χ0n) is 11.4. The summed E-state index contributed by atoms with van der Waals surface area (Å²) < 4.78 is 10.7. The summed E-state index contributed by atoms with van der Waals surface area (Å²) in [6, 6.07) is 6.90. The number of fused-ring (bicyclic) bond motifs is 1. The highest BCUT2D eigenvalue weighted by molar-refractivity contribution is 5.39. The van der Waals surface area contributed by atoms with Gasteiger partial charge < -0.3 is 14.8 Å². The van der Waals surface area contributed by atoms with Gasteiger partial charge in [0.25, 0.3) is 0 Å². The van der Waals surface area contributed by atoms with Gasteiger partial charge in [-0.1, -0.05) is 6.07 Å². The van der Waals surface area contributed by atoms with Crippen molar-refractivity contribution in [3.05, 3.63) is 29.3 Å². The molecule has 0 spiro atoms. The molecule has 3 heteroatoms. The van der Waals surface area contributed by atoms with Crippen molar-refractivity contribution < 1.29 is 9.47 Å². The van der Waals surface area contributed by atoms with Gasteiger partial charge in [0.05, 0.1) is 13.7 Å². The lowest BCUT2D eigenvalue weighted by atomic mass is 9.87. The van der Waals surface area contributed by atoms with Gasteiger partial charge in [0, 0.05) is 19.2 Å². The Balaban J connectivity index is 1.99. The van der Waals surface area contributed by atoms with Gasteiger partial charge in [-0.25, -0.2) is 0 Å². The molecular formula is C15H23NO2. The molecule has 0 fully saturated rings. The maximum Gasteiger partial charge on any atom is 0.119 e. The molecule has 1 aromatic rings. The number of aryl methyl sites for hydroxylation is 1. The van der Waals surface area contributed by atoms with Gasteiger partial charge in [-0.05, 0) is 49.4 Å². The quantitative estimate of drug-likeness (QED) is 0.786. The molecule has 1 unspecified atom stereocenters. The van der Waals surface area contributed by atoms with E-state index in [2.05, 4.69) is 23.5 Å². The maximum absolute atomic E-state index is 5.37. The SMILES string of the molecule is CCOCCNC1CCCc2cc(OC)ccc21. The third kappa shape index (κ3) is 3.24. The van der Waals surface area contributed by atoms with E-state index in [-0.39, 0.29) is 0 Å². The van der Waals surface area contributed by atoms with Crippen molar-refractivity contribution in [3.63, 3.8) is 0 Å². The zero-order valence-corrected chi connectivity index (χ0v) is 11.4. The second-order valence-corrected chi connectivity index (χ2v) is 4.66. The van der Waals surface area contributed by atoms with Crippen LogP contribution in [0.15, 0.2) is 18.2 Å². The Labute approximate surface area is 109 Å². The molecule has 0 saturated heterocycles. The van der Waals surface area contributed by atoms with Gasteiger partial charge in [0.15, 0.2) is 0 Å². The largest absolute Gasteiger partial charge is 0.497 e. The number of hydrogen-bond acceptors (Lipinski definition) is 3. The minimum Gasteiger partial charge on any atom is -0.497 e. The van der Waals surface area contributed by atoms with Crippen LogP contribution in [0, 0.1) is 0 Å². The molecule has 0 amide bonds. The van der Waals surface area contributed by atoms with Gasteiger partial charge in [-0.15, -0.1) is 0 Å². The van der Waals surface area contributed by atoms with Crippen molar-refractivity contribution in [3.8, 4) is 5.75 Å². The molecule has 1 aliphatic carbocycles. The first-order valence-corrected chi connectivity index (χ1v) is 6.83. The van der Waals surface area contributed by atoms with Gasteiger partial charge in [-0.3, -0.25) is 0 Å². The molecule has 0 heterocycles. The molecule has 1 N–H and O–H groups in total. The Bertz CT molecular complexity index is 379. The normalized spacial score (nSPS) is 18.4. The number of nitrogens with one attached hydrogen (secondary N) is 1. The van der Waals surface area contributed by atoms with Crippen molar-refractivity contribution in [1.82, 2.24) is 5.32 Å². The van der Waals surface area contributed by atoms with Crippen molar-refractivity contribution in [2.75, 3.05) is 26.9 Å². The van der Waals surface area contributed by atoms with Crippen LogP contribution >= 0.6 is 0 Å². The van der Waals surface area contributed by atoms with E-state index >= 15 is 0 Å². The molecule has 0 bridgehead atoms. The summed E-state index contributed by atoms with van der Waals surface area (Å²) in [6.07, 6.45) is 3.62. The molecule has 1 aromatic carbocycles. The third-order valence-corrected chi connectivity index (χ3v) is 3.51. The summed E-state index contributed by atoms with van der Waals surface area (Å²) in [4.78, 5) is 0. The minimum absolute atomic E-state index is 0.472. The predicted molar refractivity (Wildman–Crippen MR) is 73.2 cm³/mol. The van der Waals surface area contributed by atoms with Crippen LogP contribution < -0.4 is 10.1 Å². The molecule has 1 aliphatic rings. The van der Waals surface area contributed by atoms with Crippen LogP contribution in [-0.4, -0.2) is 26.9 Å². The zero-order chi connectivity index (χ0) is 12.8. The Morgan fingerprint density at radius 3 is 3.06 bits per heavy atom. The molecule has 100 valence electrons. The summed E-state index contributed by atoms with van der Waals surface area (Å²) >= 11 is 0. The van der Waals surface area contributed by atoms with Crippen LogP contribution in [0.4, 0.5) is 0 Å². The van der Waals surface area contributed by atoms with Crippen molar-refractivity contribution in [2.45, 2.75) is 32.2 Å². The summed E-state index contributed by atoms with van der Waals surface area (Å²) in [5, 5.41) is 3.58. The van der Waals surface area contributed by atoms with E-state index in [1.165, 1.54) is 24.0 Å². The van der Waals surface area contributed by atoms with Crippen LogP contribution in [0.1, 0.15) is 36.9 Å². The van der Waals surface area contributed by atoms with Crippen LogP contribution in [0.25, 0.3) is 0 Å². The minimum atomic E-state index is 0.472. The number of rotatable bonds is 6. The summed E-state index contributed by atoms with van der Waals surface area (Å²) in [5.74, 6) is 0.962. The average Bonchev–Trinajstić information content (AvgIpc) is 2.43. The Morgan fingerprint density at radius 2 is 2.28 bits per heavy atom. The van der Waals surface area contributed by atoms with E-state index in [1.54, 1.807) is 7.11 Å². The monoisotopic (exact) mass is 249 g/mol. The predicted octanol–water partition coefficient (Wildman–Crippen LogP) is 2.70. The molecule has 1 atom stereocenters. The molecule has 0 saturated carbocycles. The van der Waals surface area contributed by atoms with E-state index < -0.39 is 0 Å². The van der Waals surface area contributed by atoms with Crippen molar-refractivity contribution in [1.29, 1.82) is 0 Å². The highest BCUT2D eigenvalue weighted by atomic mass is 16.5. The van der Waals surface area contributed by atoms with E-state index in [0.717, 1.165) is 31.9 Å². The smallest absolute Gasteiger partial charge is 0.119 e. The van der Waals surface area contributed by atoms with Crippen LogP contribution in [-0.2, 0) is 11.2 Å². The van der Waals surface area contributed by atoms with Crippen molar-refractivity contribution in [2.24, 2.45) is 0 Å². The van der Waals surface area contributed by atoms with Crippen LogP contribution in [0.3, 0.4) is 0 Å². The average molecular weight is 249 g/mol. The Hall–Kier alpha value is -1.06. The topological polar surface area (TPSA) is 30.5 Å². The lowest BCUT2D eigenvalue weighted by Gasteiger charge is -2.27.